The molecule has 1 nitrogen and oxygen atoms in total. The Morgan fingerprint density at radius 3 is 2.40 bits per heavy atom. The number of allylic oxidation sites excluding steroid dienone is 1. The van der Waals surface area contributed by atoms with Crippen molar-refractivity contribution < 1.29 is 0 Å². The lowest BCUT2D eigenvalue weighted by atomic mass is 9.96. The van der Waals surface area contributed by atoms with Gasteiger partial charge in [-0.2, -0.15) is 0 Å². The van der Waals surface area contributed by atoms with E-state index in [9.17, 15) is 0 Å². The molecule has 0 aliphatic rings. The molecule has 1 heteroatoms. The Morgan fingerprint density at radius 1 is 1.27 bits per heavy atom. The van der Waals surface area contributed by atoms with Gasteiger partial charge in [-0.1, -0.05) is 39.8 Å². The molecule has 0 rings (SSSR count). The van der Waals surface area contributed by atoms with E-state index in [1.165, 1.54) is 31.3 Å². The van der Waals surface area contributed by atoms with Crippen LogP contribution in [0.25, 0.3) is 0 Å². The molecule has 0 bridgehead atoms. The minimum atomic E-state index is 0.689. The van der Waals surface area contributed by atoms with Crippen LogP contribution in [0.2, 0.25) is 0 Å². The van der Waals surface area contributed by atoms with Crippen LogP contribution in [0.4, 0.5) is 0 Å². The molecule has 1 unspecified atom stereocenters. The Balaban J connectivity index is 3.70. The van der Waals surface area contributed by atoms with Crippen LogP contribution in [0.15, 0.2) is 12.2 Å². The van der Waals surface area contributed by atoms with Crippen LogP contribution in [0.1, 0.15) is 59.8 Å². The highest BCUT2D eigenvalue weighted by molar-refractivity contribution is 4.92. The molecule has 0 radical (unpaired) electrons. The van der Waals surface area contributed by atoms with Gasteiger partial charge < -0.3 is 5.32 Å². The van der Waals surface area contributed by atoms with E-state index >= 15 is 0 Å². The largest absolute Gasteiger partial charge is 0.314 e. The minimum absolute atomic E-state index is 0.689. The van der Waals surface area contributed by atoms with Gasteiger partial charge in [0.25, 0.3) is 0 Å². The maximum absolute atomic E-state index is 4.06. The lowest BCUT2D eigenvalue weighted by Crippen LogP contribution is -2.34. The first-order valence-electron chi connectivity index (χ1n) is 6.51. The third-order valence-electron chi connectivity index (χ3n) is 3.01. The van der Waals surface area contributed by atoms with Gasteiger partial charge in [0, 0.05) is 6.04 Å². The second-order valence-corrected chi connectivity index (χ2v) is 4.80. The van der Waals surface area contributed by atoms with Gasteiger partial charge in [-0.3, -0.25) is 0 Å². The number of hydrogen-bond acceptors (Lipinski definition) is 1. The third-order valence-corrected chi connectivity index (χ3v) is 3.01. The van der Waals surface area contributed by atoms with Gasteiger partial charge in [0.05, 0.1) is 0 Å². The molecule has 0 heterocycles. The molecule has 0 aromatic heterocycles. The summed E-state index contributed by atoms with van der Waals surface area (Å²) in [6.45, 7) is 14.2. The van der Waals surface area contributed by atoms with Crippen molar-refractivity contribution >= 4 is 0 Å². The Labute approximate surface area is 96.3 Å². The Bertz CT molecular complexity index is 161. The normalized spacial score (nSPS) is 13.1. The first kappa shape index (κ1) is 14.7. The summed E-state index contributed by atoms with van der Waals surface area (Å²) in [5, 5.41) is 3.63. The lowest BCUT2D eigenvalue weighted by molar-refractivity contribution is 0.370. The molecular formula is C14H29N. The van der Waals surface area contributed by atoms with Gasteiger partial charge in [0.15, 0.2) is 0 Å². The van der Waals surface area contributed by atoms with Crippen molar-refractivity contribution in [2.45, 2.75) is 65.8 Å². The molecule has 15 heavy (non-hydrogen) atoms. The molecule has 0 aromatic rings. The zero-order valence-electron chi connectivity index (χ0n) is 11.1. The molecule has 1 atom stereocenters. The predicted molar refractivity (Wildman–Crippen MR) is 70.2 cm³/mol. The minimum Gasteiger partial charge on any atom is -0.314 e. The highest BCUT2D eigenvalue weighted by atomic mass is 14.9. The summed E-state index contributed by atoms with van der Waals surface area (Å²) in [6.07, 6.45) is 6.13. The quantitative estimate of drug-likeness (QED) is 0.565. The van der Waals surface area contributed by atoms with E-state index in [-0.39, 0.29) is 0 Å². The molecule has 0 spiro atoms. The summed E-state index contributed by atoms with van der Waals surface area (Å²) >= 11 is 0. The SMILES string of the molecule is C=C(CC)CCCC(NCCC)C(C)C. The highest BCUT2D eigenvalue weighted by Gasteiger charge is 2.11. The second kappa shape index (κ2) is 8.96. The Hall–Kier alpha value is -0.300. The Kier molecular flexibility index (Phi) is 8.79. The smallest absolute Gasteiger partial charge is 0.00901 e. The van der Waals surface area contributed by atoms with Crippen LogP contribution in [0, 0.1) is 5.92 Å². The Morgan fingerprint density at radius 2 is 1.93 bits per heavy atom. The predicted octanol–water partition coefficient (Wildman–Crippen LogP) is 4.15. The van der Waals surface area contributed by atoms with Crippen LogP contribution in [0.3, 0.4) is 0 Å². The van der Waals surface area contributed by atoms with E-state index in [2.05, 4.69) is 39.6 Å². The van der Waals surface area contributed by atoms with Crippen molar-refractivity contribution in [3.05, 3.63) is 12.2 Å². The summed E-state index contributed by atoms with van der Waals surface area (Å²) in [5.74, 6) is 0.742. The third kappa shape index (κ3) is 7.61. The zero-order valence-corrected chi connectivity index (χ0v) is 11.1. The van der Waals surface area contributed by atoms with Crippen molar-refractivity contribution in [1.82, 2.24) is 5.32 Å². The van der Waals surface area contributed by atoms with E-state index in [4.69, 9.17) is 0 Å². The van der Waals surface area contributed by atoms with E-state index < -0.39 is 0 Å². The molecule has 0 aliphatic carbocycles. The van der Waals surface area contributed by atoms with Gasteiger partial charge in [-0.05, 0) is 44.6 Å². The molecule has 0 amide bonds. The summed E-state index contributed by atoms with van der Waals surface area (Å²) < 4.78 is 0. The summed E-state index contributed by atoms with van der Waals surface area (Å²) in [4.78, 5) is 0. The molecule has 0 aliphatic heterocycles. The molecule has 0 fully saturated rings. The van der Waals surface area contributed by atoms with Crippen molar-refractivity contribution in [2.75, 3.05) is 6.54 Å². The van der Waals surface area contributed by atoms with Crippen molar-refractivity contribution in [3.63, 3.8) is 0 Å². The first-order valence-corrected chi connectivity index (χ1v) is 6.51. The maximum atomic E-state index is 4.06. The van der Waals surface area contributed by atoms with Crippen molar-refractivity contribution in [3.8, 4) is 0 Å². The second-order valence-electron chi connectivity index (χ2n) is 4.80. The number of hydrogen-bond donors (Lipinski definition) is 1. The maximum Gasteiger partial charge on any atom is 0.00901 e. The fourth-order valence-corrected chi connectivity index (χ4v) is 1.75. The van der Waals surface area contributed by atoms with Crippen LogP contribution < -0.4 is 5.32 Å². The van der Waals surface area contributed by atoms with Crippen molar-refractivity contribution in [2.24, 2.45) is 5.92 Å². The standard InChI is InChI=1S/C14H29N/c1-6-11-15-14(12(3)4)10-8-9-13(5)7-2/h12,14-15H,5-11H2,1-4H3. The van der Waals surface area contributed by atoms with Crippen molar-refractivity contribution in [1.29, 1.82) is 0 Å². The molecule has 90 valence electrons. The van der Waals surface area contributed by atoms with Gasteiger partial charge in [0.1, 0.15) is 0 Å². The van der Waals surface area contributed by atoms with Crippen LogP contribution in [-0.4, -0.2) is 12.6 Å². The fraction of sp³-hybridized carbons (Fsp3) is 0.857. The molecule has 1 N–H and O–H groups in total. The molecule has 0 saturated heterocycles. The van der Waals surface area contributed by atoms with Gasteiger partial charge >= 0.3 is 0 Å². The summed E-state index contributed by atoms with van der Waals surface area (Å²) in [5.41, 5.74) is 1.40. The van der Waals surface area contributed by atoms with E-state index in [0.717, 1.165) is 18.9 Å². The van der Waals surface area contributed by atoms with Crippen LogP contribution in [-0.2, 0) is 0 Å². The monoisotopic (exact) mass is 211 g/mol. The van der Waals surface area contributed by atoms with Gasteiger partial charge in [0.2, 0.25) is 0 Å². The number of nitrogens with one attached hydrogen (secondary N) is 1. The average molecular weight is 211 g/mol. The van der Waals surface area contributed by atoms with Crippen LogP contribution >= 0.6 is 0 Å². The average Bonchev–Trinajstić information content (AvgIpc) is 2.22. The summed E-state index contributed by atoms with van der Waals surface area (Å²) in [6, 6.07) is 0.689. The van der Waals surface area contributed by atoms with Gasteiger partial charge in [-0.25, -0.2) is 0 Å². The zero-order chi connectivity index (χ0) is 11.7. The fourth-order valence-electron chi connectivity index (χ4n) is 1.75. The van der Waals surface area contributed by atoms with E-state index in [0.29, 0.717) is 6.04 Å². The molecular weight excluding hydrogens is 182 g/mol. The number of rotatable bonds is 9. The highest BCUT2D eigenvalue weighted by Crippen LogP contribution is 2.14. The first-order chi connectivity index (χ1) is 7.11. The van der Waals surface area contributed by atoms with Gasteiger partial charge in [-0.15, -0.1) is 0 Å². The van der Waals surface area contributed by atoms with Crippen LogP contribution in [0.5, 0.6) is 0 Å². The van der Waals surface area contributed by atoms with E-state index in [1.807, 2.05) is 0 Å². The molecule has 0 aromatic carbocycles. The molecule has 0 saturated carbocycles. The lowest BCUT2D eigenvalue weighted by Gasteiger charge is -2.22. The van der Waals surface area contributed by atoms with E-state index in [1.54, 1.807) is 0 Å². The summed E-state index contributed by atoms with van der Waals surface area (Å²) in [7, 11) is 0. The topological polar surface area (TPSA) is 12.0 Å².